The number of carbonyl (C=O) groups is 1. The Balaban J connectivity index is 1.70. The fourth-order valence-corrected chi connectivity index (χ4v) is 3.95. The van der Waals surface area contributed by atoms with Gasteiger partial charge in [-0.05, 0) is 44.0 Å². The molecular formula is C21H24N4O3. The second-order valence-corrected chi connectivity index (χ2v) is 7.41. The largest absolute Gasteiger partial charge is 0.497 e. The Morgan fingerprint density at radius 3 is 2.61 bits per heavy atom. The molecule has 1 N–H and O–H groups in total. The van der Waals surface area contributed by atoms with Crippen molar-refractivity contribution in [3.05, 3.63) is 47.2 Å². The molecule has 0 bridgehead atoms. The molecule has 1 aliphatic rings. The van der Waals surface area contributed by atoms with Gasteiger partial charge in [-0.3, -0.25) is 9.78 Å². The average molecular weight is 380 g/mol. The number of amides is 1. The number of pyridine rings is 1. The van der Waals surface area contributed by atoms with Crippen LogP contribution in [-0.2, 0) is 5.54 Å². The third-order valence-electron chi connectivity index (χ3n) is 5.47. The van der Waals surface area contributed by atoms with Crippen LogP contribution in [0.2, 0.25) is 0 Å². The maximum absolute atomic E-state index is 13.2. The van der Waals surface area contributed by atoms with Crippen molar-refractivity contribution in [1.82, 2.24) is 20.4 Å². The number of ether oxygens (including phenoxy) is 1. The molecule has 146 valence electrons. The van der Waals surface area contributed by atoms with Gasteiger partial charge in [0.05, 0.1) is 23.9 Å². The quantitative estimate of drug-likeness (QED) is 0.740. The Morgan fingerprint density at radius 2 is 1.93 bits per heavy atom. The van der Waals surface area contributed by atoms with Crippen molar-refractivity contribution in [3.8, 4) is 5.75 Å². The summed E-state index contributed by atoms with van der Waals surface area (Å²) in [7, 11) is 1.62. The fraction of sp³-hybridized carbons (Fsp3) is 0.429. The topological polar surface area (TPSA) is 90.1 Å². The lowest BCUT2D eigenvalue weighted by Crippen LogP contribution is -2.48. The molecule has 3 aromatic rings. The molecular weight excluding hydrogens is 356 g/mol. The summed E-state index contributed by atoms with van der Waals surface area (Å²) in [6.07, 6.45) is 4.77. The molecule has 7 heteroatoms. The van der Waals surface area contributed by atoms with Gasteiger partial charge in [0.1, 0.15) is 11.3 Å². The van der Waals surface area contributed by atoms with Crippen LogP contribution in [0.3, 0.4) is 0 Å². The number of aromatic nitrogens is 3. The Kier molecular flexibility index (Phi) is 4.75. The van der Waals surface area contributed by atoms with E-state index in [1.54, 1.807) is 14.0 Å². The molecule has 4 rings (SSSR count). The normalized spacial score (nSPS) is 16.1. The van der Waals surface area contributed by atoms with Crippen LogP contribution in [-0.4, -0.2) is 28.1 Å². The van der Waals surface area contributed by atoms with Crippen LogP contribution in [0, 0.1) is 13.8 Å². The number of methoxy groups -OCH3 is 1. The first kappa shape index (κ1) is 18.4. The minimum Gasteiger partial charge on any atom is -0.497 e. The third-order valence-corrected chi connectivity index (χ3v) is 5.47. The molecule has 0 radical (unpaired) electrons. The van der Waals surface area contributed by atoms with Crippen molar-refractivity contribution >= 4 is 16.8 Å². The molecule has 1 aromatic carbocycles. The lowest BCUT2D eigenvalue weighted by Gasteiger charge is -2.35. The summed E-state index contributed by atoms with van der Waals surface area (Å²) in [5, 5.41) is 8.20. The van der Waals surface area contributed by atoms with Gasteiger partial charge in [0.15, 0.2) is 5.82 Å². The van der Waals surface area contributed by atoms with E-state index in [9.17, 15) is 4.79 Å². The number of fused-ring (bicyclic) bond motifs is 1. The van der Waals surface area contributed by atoms with E-state index in [1.807, 2.05) is 31.2 Å². The molecule has 1 saturated carbocycles. The Morgan fingerprint density at radius 1 is 1.14 bits per heavy atom. The zero-order valence-corrected chi connectivity index (χ0v) is 16.4. The SMILES string of the molecule is COc1ccc2nc(C)c(C(=O)NC3(c4noc(C)n4)CCCCC3)cc2c1. The average Bonchev–Trinajstić information content (AvgIpc) is 3.15. The van der Waals surface area contributed by atoms with Crippen LogP contribution in [0.15, 0.2) is 28.8 Å². The van der Waals surface area contributed by atoms with Crippen molar-refractivity contribution in [2.45, 2.75) is 51.5 Å². The highest BCUT2D eigenvalue weighted by Gasteiger charge is 2.40. The van der Waals surface area contributed by atoms with Gasteiger partial charge in [0.2, 0.25) is 5.89 Å². The minimum absolute atomic E-state index is 0.168. The third kappa shape index (κ3) is 3.32. The van der Waals surface area contributed by atoms with Crippen LogP contribution < -0.4 is 10.1 Å². The molecule has 0 saturated heterocycles. The van der Waals surface area contributed by atoms with E-state index in [-0.39, 0.29) is 5.91 Å². The smallest absolute Gasteiger partial charge is 0.253 e. The molecule has 0 aliphatic heterocycles. The van der Waals surface area contributed by atoms with E-state index in [2.05, 4.69) is 20.4 Å². The second-order valence-electron chi connectivity index (χ2n) is 7.41. The zero-order chi connectivity index (χ0) is 19.7. The molecule has 2 aromatic heterocycles. The summed E-state index contributed by atoms with van der Waals surface area (Å²) in [6.45, 7) is 3.62. The fourth-order valence-electron chi connectivity index (χ4n) is 3.95. The molecule has 7 nitrogen and oxygen atoms in total. The number of carbonyl (C=O) groups excluding carboxylic acids is 1. The summed E-state index contributed by atoms with van der Waals surface area (Å²) in [6, 6.07) is 7.52. The minimum atomic E-state index is -0.594. The van der Waals surface area contributed by atoms with E-state index in [0.29, 0.717) is 23.0 Å². The van der Waals surface area contributed by atoms with Crippen molar-refractivity contribution in [2.75, 3.05) is 7.11 Å². The first-order chi connectivity index (χ1) is 13.5. The number of nitrogens with zero attached hydrogens (tertiary/aromatic N) is 3. The molecule has 28 heavy (non-hydrogen) atoms. The highest BCUT2D eigenvalue weighted by molar-refractivity contribution is 5.99. The molecule has 1 aliphatic carbocycles. The van der Waals surface area contributed by atoms with Gasteiger partial charge in [0, 0.05) is 12.3 Å². The summed E-state index contributed by atoms with van der Waals surface area (Å²) < 4.78 is 10.5. The maximum Gasteiger partial charge on any atom is 0.253 e. The van der Waals surface area contributed by atoms with Crippen molar-refractivity contribution in [1.29, 1.82) is 0 Å². The Hall–Kier alpha value is -2.96. The monoisotopic (exact) mass is 380 g/mol. The Bertz CT molecular complexity index is 1020. The first-order valence-electron chi connectivity index (χ1n) is 9.59. The van der Waals surface area contributed by atoms with Crippen LogP contribution in [0.25, 0.3) is 10.9 Å². The Labute approximate surface area is 163 Å². The van der Waals surface area contributed by atoms with Crippen LogP contribution in [0.5, 0.6) is 5.75 Å². The van der Waals surface area contributed by atoms with E-state index >= 15 is 0 Å². The van der Waals surface area contributed by atoms with E-state index in [0.717, 1.165) is 48.8 Å². The summed E-state index contributed by atoms with van der Waals surface area (Å²) in [5.74, 6) is 1.63. The second kappa shape index (κ2) is 7.22. The molecule has 1 fully saturated rings. The number of aryl methyl sites for hydroxylation is 2. The number of rotatable bonds is 4. The molecule has 2 heterocycles. The molecule has 1 amide bonds. The molecule has 0 unspecified atom stereocenters. The zero-order valence-electron chi connectivity index (χ0n) is 16.4. The van der Waals surface area contributed by atoms with Gasteiger partial charge in [-0.2, -0.15) is 4.98 Å². The number of hydrogen-bond donors (Lipinski definition) is 1. The van der Waals surface area contributed by atoms with Crippen LogP contribution in [0.1, 0.15) is 59.9 Å². The van der Waals surface area contributed by atoms with Crippen molar-refractivity contribution in [3.63, 3.8) is 0 Å². The van der Waals surface area contributed by atoms with Gasteiger partial charge in [-0.1, -0.05) is 24.4 Å². The highest BCUT2D eigenvalue weighted by Crippen LogP contribution is 2.36. The van der Waals surface area contributed by atoms with E-state index in [4.69, 9.17) is 9.26 Å². The van der Waals surface area contributed by atoms with E-state index < -0.39 is 5.54 Å². The number of hydrogen-bond acceptors (Lipinski definition) is 6. The van der Waals surface area contributed by atoms with Gasteiger partial charge < -0.3 is 14.6 Å². The van der Waals surface area contributed by atoms with E-state index in [1.165, 1.54) is 0 Å². The lowest BCUT2D eigenvalue weighted by molar-refractivity contribution is 0.0854. The number of benzene rings is 1. The predicted octanol–water partition coefficient (Wildman–Crippen LogP) is 3.83. The van der Waals surface area contributed by atoms with Gasteiger partial charge in [0.25, 0.3) is 5.91 Å². The van der Waals surface area contributed by atoms with Crippen molar-refractivity contribution < 1.29 is 14.1 Å². The van der Waals surface area contributed by atoms with Crippen LogP contribution >= 0.6 is 0 Å². The van der Waals surface area contributed by atoms with Gasteiger partial charge in [-0.25, -0.2) is 0 Å². The van der Waals surface area contributed by atoms with Crippen molar-refractivity contribution in [2.24, 2.45) is 0 Å². The van der Waals surface area contributed by atoms with Crippen LogP contribution in [0.4, 0.5) is 0 Å². The summed E-state index contributed by atoms with van der Waals surface area (Å²) >= 11 is 0. The maximum atomic E-state index is 13.2. The predicted molar refractivity (Wildman–Crippen MR) is 104 cm³/mol. The van der Waals surface area contributed by atoms with Gasteiger partial charge >= 0.3 is 0 Å². The number of nitrogens with one attached hydrogen (secondary N) is 1. The van der Waals surface area contributed by atoms with Gasteiger partial charge in [-0.15, -0.1) is 0 Å². The summed E-state index contributed by atoms with van der Waals surface area (Å²) in [4.78, 5) is 22.3. The molecule has 0 atom stereocenters. The molecule has 0 spiro atoms. The summed E-state index contributed by atoms with van der Waals surface area (Å²) in [5.41, 5.74) is 1.47. The first-order valence-corrected chi connectivity index (χ1v) is 9.59. The standard InChI is InChI=1S/C21H24N4O3/c1-13-17(12-15-11-16(27-3)7-8-18(15)22-13)19(26)24-21(9-5-4-6-10-21)20-23-14(2)28-25-20/h7-8,11-12H,4-6,9-10H2,1-3H3,(H,24,26). The highest BCUT2D eigenvalue weighted by atomic mass is 16.5. The lowest BCUT2D eigenvalue weighted by atomic mass is 9.80.